The van der Waals surface area contributed by atoms with Crippen molar-refractivity contribution in [3.05, 3.63) is 64.1 Å². The molecule has 30 heavy (non-hydrogen) atoms. The van der Waals surface area contributed by atoms with Crippen molar-refractivity contribution >= 4 is 27.9 Å². The molecule has 1 aliphatic rings. The standard InChI is InChI=1S/C20H25BrN2O.C2H2O4/c1-2-24-19-9-7-17(8-10-19)15-22-11-13-23(14-12-22)16-18-5-3-4-6-20(18)21;3-1(4)2(5)6/h3-10H,2,11-16H2,1H3;(H,3,4)(H,5,6). The lowest BCUT2D eigenvalue weighted by Crippen LogP contribution is -2.45. The van der Waals surface area contributed by atoms with Gasteiger partial charge in [0.05, 0.1) is 6.61 Å². The van der Waals surface area contributed by atoms with Gasteiger partial charge >= 0.3 is 11.9 Å². The van der Waals surface area contributed by atoms with Crippen LogP contribution < -0.4 is 4.74 Å². The van der Waals surface area contributed by atoms with Gasteiger partial charge < -0.3 is 14.9 Å². The van der Waals surface area contributed by atoms with Gasteiger partial charge in [-0.2, -0.15) is 0 Å². The highest BCUT2D eigenvalue weighted by atomic mass is 79.9. The Morgan fingerprint density at radius 1 is 0.900 bits per heavy atom. The van der Waals surface area contributed by atoms with Crippen LogP contribution in [-0.4, -0.2) is 64.7 Å². The molecule has 1 fully saturated rings. The van der Waals surface area contributed by atoms with Crippen molar-refractivity contribution < 1.29 is 24.5 Å². The molecule has 2 aromatic rings. The van der Waals surface area contributed by atoms with E-state index >= 15 is 0 Å². The molecular formula is C22H27BrN2O5. The minimum atomic E-state index is -1.82. The Labute approximate surface area is 185 Å². The van der Waals surface area contributed by atoms with Gasteiger partial charge in [-0.3, -0.25) is 9.80 Å². The van der Waals surface area contributed by atoms with Crippen molar-refractivity contribution in [2.75, 3.05) is 32.8 Å². The maximum Gasteiger partial charge on any atom is 0.414 e. The van der Waals surface area contributed by atoms with E-state index in [4.69, 9.17) is 24.5 Å². The molecule has 0 spiro atoms. The molecule has 0 bridgehead atoms. The van der Waals surface area contributed by atoms with Crippen molar-refractivity contribution in [2.45, 2.75) is 20.0 Å². The van der Waals surface area contributed by atoms with E-state index < -0.39 is 11.9 Å². The van der Waals surface area contributed by atoms with E-state index in [1.807, 2.05) is 6.92 Å². The number of carboxylic acid groups (broad SMARTS) is 2. The minimum Gasteiger partial charge on any atom is -0.494 e. The zero-order chi connectivity index (χ0) is 21.9. The van der Waals surface area contributed by atoms with Crippen LogP contribution in [0.3, 0.4) is 0 Å². The topological polar surface area (TPSA) is 90.3 Å². The number of rotatable bonds is 6. The lowest BCUT2D eigenvalue weighted by atomic mass is 10.1. The van der Waals surface area contributed by atoms with Gasteiger partial charge in [-0.05, 0) is 36.2 Å². The summed E-state index contributed by atoms with van der Waals surface area (Å²) in [6.07, 6.45) is 0. The lowest BCUT2D eigenvalue weighted by molar-refractivity contribution is -0.159. The first-order valence-electron chi connectivity index (χ1n) is 9.75. The van der Waals surface area contributed by atoms with E-state index in [1.54, 1.807) is 0 Å². The Bertz CT molecular complexity index is 809. The van der Waals surface area contributed by atoms with Crippen LogP contribution in [0.15, 0.2) is 53.0 Å². The van der Waals surface area contributed by atoms with Gasteiger partial charge in [-0.15, -0.1) is 0 Å². The molecule has 1 aliphatic heterocycles. The molecule has 1 heterocycles. The van der Waals surface area contributed by atoms with Gasteiger partial charge in [0.25, 0.3) is 0 Å². The van der Waals surface area contributed by atoms with Crippen molar-refractivity contribution in [3.8, 4) is 5.75 Å². The van der Waals surface area contributed by atoms with E-state index in [1.165, 1.54) is 15.6 Å². The first-order valence-corrected chi connectivity index (χ1v) is 10.5. The summed E-state index contributed by atoms with van der Waals surface area (Å²) in [6.45, 7) is 9.28. The number of ether oxygens (including phenoxy) is 1. The highest BCUT2D eigenvalue weighted by Gasteiger charge is 2.17. The van der Waals surface area contributed by atoms with Crippen LogP contribution in [0.25, 0.3) is 0 Å². The zero-order valence-corrected chi connectivity index (χ0v) is 18.5. The van der Waals surface area contributed by atoms with E-state index in [0.29, 0.717) is 0 Å². The normalized spacial score (nSPS) is 14.5. The average Bonchev–Trinajstić information content (AvgIpc) is 2.73. The van der Waals surface area contributed by atoms with Crippen molar-refractivity contribution in [1.29, 1.82) is 0 Å². The van der Waals surface area contributed by atoms with Crippen LogP contribution in [0.4, 0.5) is 0 Å². The molecule has 0 aromatic heterocycles. The van der Waals surface area contributed by atoms with Crippen LogP contribution in [0.5, 0.6) is 5.75 Å². The summed E-state index contributed by atoms with van der Waals surface area (Å²) in [5.74, 6) is -2.69. The predicted octanol–water partition coefficient (Wildman–Crippen LogP) is 3.32. The lowest BCUT2D eigenvalue weighted by Gasteiger charge is -2.35. The Balaban J connectivity index is 0.000000469. The fourth-order valence-corrected chi connectivity index (χ4v) is 3.50. The smallest absolute Gasteiger partial charge is 0.414 e. The van der Waals surface area contributed by atoms with Crippen LogP contribution in [0.1, 0.15) is 18.1 Å². The number of carboxylic acids is 2. The van der Waals surface area contributed by atoms with Crippen molar-refractivity contribution in [1.82, 2.24) is 9.80 Å². The summed E-state index contributed by atoms with van der Waals surface area (Å²) in [7, 11) is 0. The number of hydrogen-bond acceptors (Lipinski definition) is 5. The summed E-state index contributed by atoms with van der Waals surface area (Å²) in [5, 5.41) is 14.8. The number of hydrogen-bond donors (Lipinski definition) is 2. The maximum atomic E-state index is 9.10. The molecule has 0 atom stereocenters. The first-order chi connectivity index (χ1) is 14.4. The molecule has 2 aromatic carbocycles. The van der Waals surface area contributed by atoms with Crippen LogP contribution in [0, 0.1) is 0 Å². The molecule has 8 heteroatoms. The molecule has 1 saturated heterocycles. The van der Waals surface area contributed by atoms with E-state index in [9.17, 15) is 0 Å². The number of piperazine rings is 1. The fraction of sp³-hybridized carbons (Fsp3) is 0.364. The average molecular weight is 479 g/mol. The van der Waals surface area contributed by atoms with Crippen molar-refractivity contribution in [2.24, 2.45) is 0 Å². The second-order valence-corrected chi connectivity index (χ2v) is 7.69. The molecule has 162 valence electrons. The SMILES string of the molecule is CCOc1ccc(CN2CCN(Cc3ccccc3Br)CC2)cc1.O=C(O)C(=O)O. The van der Waals surface area contributed by atoms with Gasteiger partial charge in [0, 0.05) is 43.7 Å². The Morgan fingerprint density at radius 2 is 1.43 bits per heavy atom. The monoisotopic (exact) mass is 478 g/mol. The number of nitrogens with zero attached hydrogens (tertiary/aromatic N) is 2. The molecule has 0 aliphatic carbocycles. The van der Waals surface area contributed by atoms with Gasteiger partial charge in [0.15, 0.2) is 0 Å². The molecule has 0 amide bonds. The minimum absolute atomic E-state index is 0.721. The first kappa shape index (κ1) is 23.9. The molecule has 0 radical (unpaired) electrons. The molecule has 2 N–H and O–H groups in total. The summed E-state index contributed by atoms with van der Waals surface area (Å²) in [5.41, 5.74) is 2.73. The Morgan fingerprint density at radius 3 is 1.93 bits per heavy atom. The third-order valence-corrected chi connectivity index (χ3v) is 5.41. The third kappa shape index (κ3) is 8.14. The van der Waals surface area contributed by atoms with Crippen LogP contribution in [-0.2, 0) is 22.7 Å². The maximum absolute atomic E-state index is 9.10. The largest absolute Gasteiger partial charge is 0.494 e. The molecular weight excluding hydrogens is 452 g/mol. The van der Waals surface area contributed by atoms with E-state index in [-0.39, 0.29) is 0 Å². The van der Waals surface area contributed by atoms with Crippen molar-refractivity contribution in [3.63, 3.8) is 0 Å². The summed E-state index contributed by atoms with van der Waals surface area (Å²) in [4.78, 5) is 23.3. The number of halogens is 1. The molecule has 0 saturated carbocycles. The number of carbonyl (C=O) groups is 2. The van der Waals surface area contributed by atoms with E-state index in [0.717, 1.165) is 51.6 Å². The molecule has 3 rings (SSSR count). The van der Waals surface area contributed by atoms with E-state index in [2.05, 4.69) is 74.3 Å². The molecule has 0 unspecified atom stereocenters. The number of aliphatic carboxylic acids is 2. The second kappa shape index (κ2) is 12.3. The van der Waals surface area contributed by atoms with Crippen LogP contribution >= 0.6 is 15.9 Å². The van der Waals surface area contributed by atoms with Gasteiger partial charge in [0.1, 0.15) is 5.75 Å². The van der Waals surface area contributed by atoms with Gasteiger partial charge in [0.2, 0.25) is 0 Å². The van der Waals surface area contributed by atoms with Crippen LogP contribution in [0.2, 0.25) is 0 Å². The second-order valence-electron chi connectivity index (χ2n) is 6.83. The third-order valence-electron chi connectivity index (χ3n) is 4.64. The summed E-state index contributed by atoms with van der Waals surface area (Å²) >= 11 is 3.65. The predicted molar refractivity (Wildman–Crippen MR) is 118 cm³/mol. The Hall–Kier alpha value is -2.42. The van der Waals surface area contributed by atoms with Gasteiger partial charge in [-0.25, -0.2) is 9.59 Å². The quantitative estimate of drug-likeness (QED) is 0.615. The highest BCUT2D eigenvalue weighted by molar-refractivity contribution is 9.10. The van der Waals surface area contributed by atoms with Gasteiger partial charge in [-0.1, -0.05) is 46.3 Å². The zero-order valence-electron chi connectivity index (χ0n) is 17.0. The highest BCUT2D eigenvalue weighted by Crippen LogP contribution is 2.19. The summed E-state index contributed by atoms with van der Waals surface area (Å²) < 4.78 is 6.72. The number of benzene rings is 2. The Kier molecular flexibility index (Phi) is 9.79. The fourth-order valence-electron chi connectivity index (χ4n) is 3.09. The molecule has 7 nitrogen and oxygen atoms in total. The summed E-state index contributed by atoms with van der Waals surface area (Å²) in [6, 6.07) is 17.0.